The normalized spacial score (nSPS) is 16.3. The number of carbonyl (C=O) groups is 1. The van der Waals surface area contributed by atoms with Crippen LogP contribution in [0.3, 0.4) is 0 Å². The van der Waals surface area contributed by atoms with Crippen molar-refractivity contribution in [3.8, 4) is 17.2 Å². The summed E-state index contributed by atoms with van der Waals surface area (Å²) in [6.07, 6.45) is 2.57. The van der Waals surface area contributed by atoms with Crippen LogP contribution >= 0.6 is 0 Å². The molecule has 2 atom stereocenters. The number of rotatable bonds is 18. The highest BCUT2D eigenvalue weighted by Crippen LogP contribution is 2.31. The molecule has 1 heterocycles. The summed E-state index contributed by atoms with van der Waals surface area (Å²) in [4.78, 5) is 11.7. The van der Waals surface area contributed by atoms with E-state index in [2.05, 4.69) is 22.8 Å². The van der Waals surface area contributed by atoms with Crippen molar-refractivity contribution in [1.29, 1.82) is 0 Å². The topological polar surface area (TPSA) is 96.5 Å². The third-order valence-electron chi connectivity index (χ3n) is 7.46. The zero-order valence-electron chi connectivity index (χ0n) is 26.1. The van der Waals surface area contributed by atoms with Gasteiger partial charge in [-0.15, -0.1) is 0 Å². The Hall–Kier alpha value is -3.63. The Bertz CT molecular complexity index is 1280. The molecule has 0 spiro atoms. The maximum atomic E-state index is 11.7. The largest absolute Gasteiger partial charge is 0.496 e. The molecule has 9 heteroatoms. The van der Waals surface area contributed by atoms with E-state index < -0.39 is 0 Å². The standard InChI is InChI=1S/C35H46N2O7/c1-26(38)37-32-15-10-27(22-34(32)43-21-6-18-39-2)24-44-35-23-36-17-16-31(35)28-11-13-30(14-12-28)42-20-7-19-41-25-29-8-4-5-9-33(29)40-3/h4-5,8-15,22,31,35-36H,6-7,16-21,23-25H2,1-3H3,(H,37,38)/t31-,35+/m1/s1. The summed E-state index contributed by atoms with van der Waals surface area (Å²) in [6, 6.07) is 22.0. The predicted octanol–water partition coefficient (Wildman–Crippen LogP) is 5.72. The second-order valence-corrected chi connectivity index (χ2v) is 10.8. The summed E-state index contributed by atoms with van der Waals surface area (Å²) < 4.78 is 34.7. The average Bonchev–Trinajstić information content (AvgIpc) is 3.05. The Morgan fingerprint density at radius 2 is 1.68 bits per heavy atom. The molecule has 238 valence electrons. The summed E-state index contributed by atoms with van der Waals surface area (Å²) in [5, 5.41) is 6.32. The third-order valence-corrected chi connectivity index (χ3v) is 7.46. The van der Waals surface area contributed by atoms with Crippen molar-refractivity contribution in [3.63, 3.8) is 0 Å². The molecule has 9 nitrogen and oxygen atoms in total. The predicted molar refractivity (Wildman–Crippen MR) is 171 cm³/mol. The molecule has 2 N–H and O–H groups in total. The maximum Gasteiger partial charge on any atom is 0.221 e. The highest BCUT2D eigenvalue weighted by Gasteiger charge is 2.27. The number of benzene rings is 3. The minimum absolute atomic E-state index is 0.0250. The van der Waals surface area contributed by atoms with Gasteiger partial charge in [0.2, 0.25) is 5.91 Å². The summed E-state index contributed by atoms with van der Waals surface area (Å²) in [7, 11) is 3.34. The number of piperidine rings is 1. The van der Waals surface area contributed by atoms with Gasteiger partial charge in [0.25, 0.3) is 0 Å². The van der Waals surface area contributed by atoms with Crippen LogP contribution in [0, 0.1) is 0 Å². The van der Waals surface area contributed by atoms with Crippen molar-refractivity contribution >= 4 is 11.6 Å². The molecule has 0 aromatic heterocycles. The van der Waals surface area contributed by atoms with Crippen molar-refractivity contribution in [2.24, 2.45) is 0 Å². The van der Waals surface area contributed by atoms with Gasteiger partial charge in [-0.2, -0.15) is 0 Å². The molecular weight excluding hydrogens is 560 g/mol. The molecule has 44 heavy (non-hydrogen) atoms. The molecule has 0 unspecified atom stereocenters. The van der Waals surface area contributed by atoms with Gasteiger partial charge in [0.05, 0.1) is 51.9 Å². The molecule has 0 saturated carbocycles. The van der Waals surface area contributed by atoms with E-state index in [1.807, 2.05) is 54.6 Å². The number of amides is 1. The van der Waals surface area contributed by atoms with Gasteiger partial charge in [-0.3, -0.25) is 4.79 Å². The zero-order chi connectivity index (χ0) is 31.0. The third kappa shape index (κ3) is 10.5. The van der Waals surface area contributed by atoms with E-state index in [1.165, 1.54) is 12.5 Å². The molecular formula is C35H46N2O7. The average molecular weight is 607 g/mol. The quantitative estimate of drug-likeness (QED) is 0.178. The van der Waals surface area contributed by atoms with Crippen molar-refractivity contribution in [2.45, 2.75) is 51.4 Å². The van der Waals surface area contributed by atoms with Gasteiger partial charge < -0.3 is 39.1 Å². The molecule has 0 aliphatic carbocycles. The summed E-state index contributed by atoms with van der Waals surface area (Å²) in [6.45, 7) is 6.48. The summed E-state index contributed by atoms with van der Waals surface area (Å²) in [5.74, 6) is 2.46. The molecule has 1 amide bonds. The molecule has 1 fully saturated rings. The van der Waals surface area contributed by atoms with Crippen molar-refractivity contribution in [2.75, 3.05) is 59.1 Å². The van der Waals surface area contributed by atoms with E-state index in [4.69, 9.17) is 28.4 Å². The number of ether oxygens (including phenoxy) is 6. The highest BCUT2D eigenvalue weighted by atomic mass is 16.5. The molecule has 4 rings (SSSR count). The first-order valence-electron chi connectivity index (χ1n) is 15.3. The van der Waals surface area contributed by atoms with Gasteiger partial charge in [0.1, 0.15) is 17.2 Å². The Kier molecular flexibility index (Phi) is 13.8. The number of carbonyl (C=O) groups excluding carboxylic acids is 1. The smallest absolute Gasteiger partial charge is 0.221 e. The van der Waals surface area contributed by atoms with Gasteiger partial charge in [0, 0.05) is 51.5 Å². The van der Waals surface area contributed by atoms with Gasteiger partial charge >= 0.3 is 0 Å². The number of nitrogens with one attached hydrogen (secondary N) is 2. The molecule has 3 aromatic rings. The Morgan fingerprint density at radius 1 is 0.886 bits per heavy atom. The van der Waals surface area contributed by atoms with Crippen LogP contribution in [0.4, 0.5) is 5.69 Å². The fraction of sp³-hybridized carbons (Fsp3) is 0.457. The van der Waals surface area contributed by atoms with Crippen molar-refractivity contribution in [1.82, 2.24) is 5.32 Å². The minimum Gasteiger partial charge on any atom is -0.496 e. The van der Waals surface area contributed by atoms with Crippen LogP contribution in [0.1, 0.15) is 48.8 Å². The maximum absolute atomic E-state index is 11.7. The van der Waals surface area contributed by atoms with E-state index in [-0.39, 0.29) is 17.9 Å². The Balaban J connectivity index is 1.25. The van der Waals surface area contributed by atoms with E-state index in [0.29, 0.717) is 51.1 Å². The van der Waals surface area contributed by atoms with Gasteiger partial charge in [-0.25, -0.2) is 0 Å². The molecule has 3 aromatic carbocycles. The fourth-order valence-corrected chi connectivity index (χ4v) is 5.21. The number of hydrogen-bond donors (Lipinski definition) is 2. The van der Waals surface area contributed by atoms with E-state index in [1.54, 1.807) is 14.2 Å². The Morgan fingerprint density at radius 3 is 2.48 bits per heavy atom. The molecule has 1 aliphatic rings. The molecule has 0 bridgehead atoms. The molecule has 1 aliphatic heterocycles. The van der Waals surface area contributed by atoms with Gasteiger partial charge in [-0.05, 0) is 54.4 Å². The van der Waals surface area contributed by atoms with Crippen LogP contribution in [0.2, 0.25) is 0 Å². The Labute approximate surface area is 261 Å². The SMILES string of the molecule is COCCCOc1cc(CO[C@H]2CNCC[C@@H]2c2ccc(OCCCOCc3ccccc3OC)cc2)ccc1NC(C)=O. The number of para-hydroxylation sites is 1. The first-order chi connectivity index (χ1) is 21.6. The number of methoxy groups -OCH3 is 2. The van der Waals surface area contributed by atoms with Crippen LogP contribution in [0.15, 0.2) is 66.7 Å². The number of hydrogen-bond acceptors (Lipinski definition) is 8. The van der Waals surface area contributed by atoms with Crippen LogP contribution in [0.25, 0.3) is 0 Å². The summed E-state index contributed by atoms with van der Waals surface area (Å²) >= 11 is 0. The van der Waals surface area contributed by atoms with Gasteiger partial charge in [-0.1, -0.05) is 36.4 Å². The molecule has 0 radical (unpaired) electrons. The van der Waals surface area contributed by atoms with Crippen molar-refractivity contribution in [3.05, 3.63) is 83.4 Å². The molecule has 1 saturated heterocycles. The van der Waals surface area contributed by atoms with Crippen LogP contribution < -0.4 is 24.8 Å². The monoisotopic (exact) mass is 606 g/mol. The highest BCUT2D eigenvalue weighted by molar-refractivity contribution is 5.90. The second kappa shape index (κ2) is 18.2. The van der Waals surface area contributed by atoms with Crippen LogP contribution in [-0.4, -0.2) is 65.7 Å². The van der Waals surface area contributed by atoms with E-state index >= 15 is 0 Å². The van der Waals surface area contributed by atoms with Crippen LogP contribution in [0.5, 0.6) is 17.2 Å². The van der Waals surface area contributed by atoms with Gasteiger partial charge in [0.15, 0.2) is 0 Å². The lowest BCUT2D eigenvalue weighted by molar-refractivity contribution is -0.114. The van der Waals surface area contributed by atoms with E-state index in [9.17, 15) is 4.79 Å². The second-order valence-electron chi connectivity index (χ2n) is 10.8. The first-order valence-corrected chi connectivity index (χ1v) is 15.3. The zero-order valence-corrected chi connectivity index (χ0v) is 26.1. The summed E-state index contributed by atoms with van der Waals surface area (Å²) in [5.41, 5.74) is 3.92. The number of anilines is 1. The lowest BCUT2D eigenvalue weighted by atomic mass is 9.87. The van der Waals surface area contributed by atoms with Crippen molar-refractivity contribution < 1.29 is 33.2 Å². The fourth-order valence-electron chi connectivity index (χ4n) is 5.21. The first kappa shape index (κ1) is 33.3. The lowest BCUT2D eigenvalue weighted by Crippen LogP contribution is -2.40. The lowest BCUT2D eigenvalue weighted by Gasteiger charge is -2.32. The van der Waals surface area contributed by atoms with E-state index in [0.717, 1.165) is 55.0 Å². The van der Waals surface area contributed by atoms with Crippen LogP contribution in [-0.2, 0) is 32.2 Å². The minimum atomic E-state index is -0.141.